The average Bonchev–Trinajstić information content (AvgIpc) is 2.91. The number of hydrogen-bond donors (Lipinski definition) is 1. The van der Waals surface area contributed by atoms with Crippen LogP contribution in [0.2, 0.25) is 0 Å². The number of halogens is 3. The predicted octanol–water partition coefficient (Wildman–Crippen LogP) is 4.36. The lowest BCUT2D eigenvalue weighted by Gasteiger charge is -2.10. The Kier molecular flexibility index (Phi) is 3.68. The lowest BCUT2D eigenvalue weighted by molar-refractivity contribution is 0.100. The maximum Gasteiger partial charge on any atom is 0.249 e. The molecule has 6 heteroatoms. The first-order valence-electron chi connectivity index (χ1n) is 7.90. The molecule has 3 aromatic carbocycles. The summed E-state index contributed by atoms with van der Waals surface area (Å²) in [6, 6.07) is 12.6. The molecule has 0 bridgehead atoms. The van der Waals surface area contributed by atoms with E-state index < -0.39 is 23.4 Å². The maximum atomic E-state index is 14.1. The van der Waals surface area contributed by atoms with Crippen molar-refractivity contribution in [2.75, 3.05) is 0 Å². The molecule has 3 nitrogen and oxygen atoms in total. The third-order valence-electron chi connectivity index (χ3n) is 4.50. The van der Waals surface area contributed by atoms with E-state index in [0.717, 1.165) is 0 Å². The van der Waals surface area contributed by atoms with Gasteiger partial charge in [0.15, 0.2) is 0 Å². The maximum absolute atomic E-state index is 14.1. The zero-order chi connectivity index (χ0) is 18.4. The molecule has 4 rings (SSSR count). The van der Waals surface area contributed by atoms with E-state index in [1.54, 1.807) is 22.8 Å². The molecule has 0 saturated heterocycles. The van der Waals surface area contributed by atoms with Crippen LogP contribution in [0.15, 0.2) is 54.6 Å². The fourth-order valence-corrected chi connectivity index (χ4v) is 3.33. The van der Waals surface area contributed by atoms with E-state index >= 15 is 0 Å². The summed E-state index contributed by atoms with van der Waals surface area (Å²) in [5, 5.41) is 1.12. The van der Waals surface area contributed by atoms with Crippen molar-refractivity contribution in [1.82, 2.24) is 4.57 Å². The Morgan fingerprint density at radius 2 is 1.62 bits per heavy atom. The molecule has 0 aliphatic heterocycles. The van der Waals surface area contributed by atoms with E-state index in [2.05, 4.69) is 0 Å². The van der Waals surface area contributed by atoms with Crippen molar-refractivity contribution in [3.8, 4) is 0 Å². The molecule has 0 aliphatic carbocycles. The molecule has 0 saturated carbocycles. The third kappa shape index (κ3) is 2.42. The van der Waals surface area contributed by atoms with Crippen LogP contribution < -0.4 is 5.73 Å². The summed E-state index contributed by atoms with van der Waals surface area (Å²) < 4.78 is 43.7. The number of fused-ring (bicyclic) bond motifs is 3. The monoisotopic (exact) mass is 354 g/mol. The molecular formula is C20H13F3N2O. The molecule has 0 aliphatic rings. The zero-order valence-electron chi connectivity index (χ0n) is 13.5. The fraction of sp³-hybridized carbons (Fsp3) is 0.0500. The van der Waals surface area contributed by atoms with Gasteiger partial charge < -0.3 is 10.3 Å². The number of nitrogens with zero attached hydrogens (tertiary/aromatic N) is 1. The van der Waals surface area contributed by atoms with Crippen LogP contribution in [0.4, 0.5) is 13.2 Å². The third-order valence-corrected chi connectivity index (χ3v) is 4.50. The van der Waals surface area contributed by atoms with Crippen molar-refractivity contribution in [3.05, 3.63) is 83.2 Å². The summed E-state index contributed by atoms with van der Waals surface area (Å²) in [6.07, 6.45) is 0. The Morgan fingerprint density at radius 3 is 2.31 bits per heavy atom. The van der Waals surface area contributed by atoms with Gasteiger partial charge in [0.1, 0.15) is 17.5 Å². The van der Waals surface area contributed by atoms with Gasteiger partial charge in [-0.15, -0.1) is 0 Å². The zero-order valence-corrected chi connectivity index (χ0v) is 13.5. The average molecular weight is 354 g/mol. The lowest BCUT2D eigenvalue weighted by atomic mass is 10.1. The van der Waals surface area contributed by atoms with Crippen LogP contribution in [-0.4, -0.2) is 10.5 Å². The van der Waals surface area contributed by atoms with E-state index in [1.165, 1.54) is 36.4 Å². The van der Waals surface area contributed by atoms with E-state index in [0.29, 0.717) is 21.8 Å². The molecule has 0 atom stereocenters. The predicted molar refractivity (Wildman–Crippen MR) is 93.4 cm³/mol. The van der Waals surface area contributed by atoms with Crippen molar-refractivity contribution >= 4 is 27.7 Å². The SMILES string of the molecule is NC(=O)c1cccc2c1c1ccc(F)cc1n2Cc1c(F)cccc1F. The Bertz CT molecular complexity index is 1160. The fourth-order valence-electron chi connectivity index (χ4n) is 3.33. The molecule has 1 amide bonds. The van der Waals surface area contributed by atoms with Gasteiger partial charge in [0.2, 0.25) is 5.91 Å². The smallest absolute Gasteiger partial charge is 0.249 e. The molecule has 0 radical (unpaired) electrons. The van der Waals surface area contributed by atoms with Crippen LogP contribution in [0.25, 0.3) is 21.8 Å². The van der Waals surface area contributed by atoms with Crippen LogP contribution in [0, 0.1) is 17.5 Å². The van der Waals surface area contributed by atoms with Gasteiger partial charge in [-0.05, 0) is 42.5 Å². The van der Waals surface area contributed by atoms with E-state index in [-0.39, 0.29) is 17.7 Å². The number of carbonyl (C=O) groups is 1. The topological polar surface area (TPSA) is 48.0 Å². The molecule has 0 fully saturated rings. The highest BCUT2D eigenvalue weighted by Gasteiger charge is 2.19. The van der Waals surface area contributed by atoms with Crippen molar-refractivity contribution < 1.29 is 18.0 Å². The van der Waals surface area contributed by atoms with Crippen LogP contribution in [-0.2, 0) is 6.54 Å². The quantitative estimate of drug-likeness (QED) is 0.584. The van der Waals surface area contributed by atoms with Gasteiger partial charge in [-0.1, -0.05) is 12.1 Å². The summed E-state index contributed by atoms with van der Waals surface area (Å²) in [7, 11) is 0. The normalized spacial score (nSPS) is 11.3. The van der Waals surface area contributed by atoms with Crippen LogP contribution in [0.1, 0.15) is 15.9 Å². The van der Waals surface area contributed by atoms with Gasteiger partial charge in [0.05, 0.1) is 17.6 Å². The highest BCUT2D eigenvalue weighted by Crippen LogP contribution is 2.33. The number of amides is 1. The van der Waals surface area contributed by atoms with Gasteiger partial charge in [-0.25, -0.2) is 13.2 Å². The molecule has 1 aromatic heterocycles. The van der Waals surface area contributed by atoms with E-state index in [1.807, 2.05) is 0 Å². The van der Waals surface area contributed by atoms with E-state index in [9.17, 15) is 18.0 Å². The van der Waals surface area contributed by atoms with Crippen molar-refractivity contribution in [1.29, 1.82) is 0 Å². The lowest BCUT2D eigenvalue weighted by Crippen LogP contribution is -2.11. The number of aromatic nitrogens is 1. The second kappa shape index (κ2) is 5.91. The summed E-state index contributed by atoms with van der Waals surface area (Å²) in [5.41, 5.74) is 6.57. The number of primary amides is 1. The largest absolute Gasteiger partial charge is 0.366 e. The summed E-state index contributed by atoms with van der Waals surface area (Å²) >= 11 is 0. The number of nitrogens with two attached hydrogens (primary N) is 1. The van der Waals surface area contributed by atoms with Crippen LogP contribution in [0.5, 0.6) is 0 Å². The van der Waals surface area contributed by atoms with Crippen LogP contribution in [0.3, 0.4) is 0 Å². The molecule has 130 valence electrons. The molecule has 0 unspecified atom stereocenters. The first-order valence-corrected chi connectivity index (χ1v) is 7.90. The Morgan fingerprint density at radius 1 is 0.923 bits per heavy atom. The first-order chi connectivity index (χ1) is 12.5. The molecule has 2 N–H and O–H groups in total. The first kappa shape index (κ1) is 16.2. The van der Waals surface area contributed by atoms with Gasteiger partial charge >= 0.3 is 0 Å². The number of hydrogen-bond acceptors (Lipinski definition) is 1. The number of benzene rings is 3. The Labute approximate surface area is 146 Å². The molecule has 26 heavy (non-hydrogen) atoms. The second-order valence-corrected chi connectivity index (χ2v) is 6.01. The van der Waals surface area contributed by atoms with Crippen molar-refractivity contribution in [2.24, 2.45) is 5.73 Å². The Hall–Kier alpha value is -3.28. The van der Waals surface area contributed by atoms with Crippen molar-refractivity contribution in [3.63, 3.8) is 0 Å². The molecule has 1 heterocycles. The summed E-state index contributed by atoms with van der Waals surface area (Å²) in [6.45, 7) is -0.149. The van der Waals surface area contributed by atoms with Gasteiger partial charge in [-0.3, -0.25) is 4.79 Å². The summed E-state index contributed by atoms with van der Waals surface area (Å²) in [5.74, 6) is -2.50. The molecular weight excluding hydrogens is 341 g/mol. The highest BCUT2D eigenvalue weighted by molar-refractivity contribution is 6.17. The highest BCUT2D eigenvalue weighted by atomic mass is 19.1. The minimum Gasteiger partial charge on any atom is -0.366 e. The number of rotatable bonds is 3. The van der Waals surface area contributed by atoms with Gasteiger partial charge in [0.25, 0.3) is 0 Å². The van der Waals surface area contributed by atoms with Crippen LogP contribution >= 0.6 is 0 Å². The molecule has 0 spiro atoms. The summed E-state index contributed by atoms with van der Waals surface area (Å²) in [4.78, 5) is 11.8. The van der Waals surface area contributed by atoms with Crippen molar-refractivity contribution in [2.45, 2.75) is 6.54 Å². The minimum atomic E-state index is -0.692. The van der Waals surface area contributed by atoms with Gasteiger partial charge in [0, 0.05) is 21.9 Å². The Balaban J connectivity index is 2.09. The van der Waals surface area contributed by atoms with E-state index in [4.69, 9.17) is 5.73 Å². The molecule has 4 aromatic rings. The number of carbonyl (C=O) groups excluding carboxylic acids is 1. The second-order valence-electron chi connectivity index (χ2n) is 6.01. The van der Waals surface area contributed by atoms with Gasteiger partial charge in [-0.2, -0.15) is 0 Å². The standard InChI is InChI=1S/C20H13F3N2O/c21-11-7-8-12-18(9-11)25(10-14-15(22)4-2-5-16(14)23)17-6-1-3-13(19(12)17)20(24)26/h1-9H,10H2,(H2,24,26). The minimum absolute atomic E-state index is 0.139.